The number of aromatic nitrogens is 5. The van der Waals surface area contributed by atoms with Gasteiger partial charge in [-0.05, 0) is 25.0 Å². The molecule has 3 aromatic rings. The molecule has 0 unspecified atom stereocenters. The van der Waals surface area contributed by atoms with E-state index in [-0.39, 0.29) is 0 Å². The molecule has 0 aliphatic rings. The van der Waals surface area contributed by atoms with Crippen LogP contribution in [0.2, 0.25) is 5.02 Å². The molecule has 0 fully saturated rings. The van der Waals surface area contributed by atoms with Crippen LogP contribution in [0.3, 0.4) is 0 Å². The van der Waals surface area contributed by atoms with Gasteiger partial charge in [0, 0.05) is 29.9 Å². The van der Waals surface area contributed by atoms with Crippen LogP contribution in [0.15, 0.2) is 30.7 Å². The third-order valence-electron chi connectivity index (χ3n) is 3.99. The number of halogens is 1. The van der Waals surface area contributed by atoms with Crippen molar-refractivity contribution in [2.45, 2.75) is 19.9 Å². The molecule has 9 nitrogen and oxygen atoms in total. The number of hydrogen-bond donors (Lipinski definition) is 3. The molecule has 1 amide bonds. The van der Waals surface area contributed by atoms with Crippen molar-refractivity contribution in [1.82, 2.24) is 30.0 Å². The lowest BCUT2D eigenvalue weighted by Crippen LogP contribution is -2.24. The van der Waals surface area contributed by atoms with Gasteiger partial charge in [-0.25, -0.2) is 14.8 Å². The van der Waals surface area contributed by atoms with Crippen LogP contribution in [0.25, 0.3) is 11.4 Å². The fourth-order valence-corrected chi connectivity index (χ4v) is 2.96. The van der Waals surface area contributed by atoms with E-state index >= 15 is 0 Å². The van der Waals surface area contributed by atoms with Crippen molar-refractivity contribution >= 4 is 29.5 Å². The summed E-state index contributed by atoms with van der Waals surface area (Å²) in [6.07, 6.45) is 2.10. The molecule has 0 spiro atoms. The number of benzene rings is 1. The molecule has 2 heterocycles. The maximum Gasteiger partial charge on any atom is 0.405 e. The van der Waals surface area contributed by atoms with Crippen LogP contribution in [0.5, 0.6) is 0 Å². The van der Waals surface area contributed by atoms with Gasteiger partial charge < -0.3 is 15.7 Å². The molecule has 0 aliphatic carbocycles. The monoisotopic (exact) mass is 387 g/mol. The Morgan fingerprint density at radius 1 is 1.30 bits per heavy atom. The van der Waals surface area contributed by atoms with Gasteiger partial charge in [-0.1, -0.05) is 23.7 Å². The van der Waals surface area contributed by atoms with Crippen molar-refractivity contribution in [3.05, 3.63) is 46.9 Å². The minimum absolute atomic E-state index is 0.360. The summed E-state index contributed by atoms with van der Waals surface area (Å²) in [6.45, 7) is 3.57. The van der Waals surface area contributed by atoms with Gasteiger partial charge >= 0.3 is 6.09 Å². The zero-order valence-electron chi connectivity index (χ0n) is 14.9. The van der Waals surface area contributed by atoms with Crippen LogP contribution in [0, 0.1) is 6.92 Å². The van der Waals surface area contributed by atoms with E-state index in [2.05, 4.69) is 30.7 Å². The van der Waals surface area contributed by atoms with Gasteiger partial charge in [-0.3, -0.25) is 4.68 Å². The van der Waals surface area contributed by atoms with Crippen LogP contribution in [-0.4, -0.2) is 35.9 Å². The summed E-state index contributed by atoms with van der Waals surface area (Å²) in [7, 11) is 1.82. The summed E-state index contributed by atoms with van der Waals surface area (Å²) in [6, 6.07) is 4.94. The van der Waals surface area contributed by atoms with E-state index in [1.807, 2.05) is 20.0 Å². The van der Waals surface area contributed by atoms with Gasteiger partial charge in [0.15, 0.2) is 11.6 Å². The second-order valence-corrected chi connectivity index (χ2v) is 6.32. The van der Waals surface area contributed by atoms with Crippen molar-refractivity contribution in [2.75, 3.05) is 5.32 Å². The quantitative estimate of drug-likeness (QED) is 0.614. The molecule has 1 aromatic carbocycles. The first kappa shape index (κ1) is 18.6. The van der Waals surface area contributed by atoms with Gasteiger partial charge in [0.25, 0.3) is 0 Å². The molecular formula is C17H18ClN7O2. The Balaban J connectivity index is 1.91. The number of rotatable bonds is 5. The van der Waals surface area contributed by atoms with E-state index in [0.29, 0.717) is 28.2 Å². The predicted molar refractivity (Wildman–Crippen MR) is 101 cm³/mol. The summed E-state index contributed by atoms with van der Waals surface area (Å²) in [5, 5.41) is 19.0. The second-order valence-electron chi connectivity index (χ2n) is 5.94. The van der Waals surface area contributed by atoms with Gasteiger partial charge in [0.05, 0.1) is 6.04 Å². The Bertz CT molecular complexity index is 989. The molecule has 0 saturated carbocycles. The maximum atomic E-state index is 10.9. The molecule has 0 aliphatic heterocycles. The summed E-state index contributed by atoms with van der Waals surface area (Å²) in [5.41, 5.74) is 2.17. The van der Waals surface area contributed by atoms with Crippen LogP contribution < -0.4 is 10.6 Å². The number of anilines is 2. The zero-order valence-corrected chi connectivity index (χ0v) is 15.7. The second kappa shape index (κ2) is 7.58. The summed E-state index contributed by atoms with van der Waals surface area (Å²) >= 11 is 6.47. The number of carboxylic acid groups (broad SMARTS) is 1. The van der Waals surface area contributed by atoms with Gasteiger partial charge in [0.1, 0.15) is 6.33 Å². The summed E-state index contributed by atoms with van der Waals surface area (Å²) in [5.74, 6) is 1.43. The molecule has 140 valence electrons. The van der Waals surface area contributed by atoms with Crippen molar-refractivity contribution in [1.29, 1.82) is 0 Å². The van der Waals surface area contributed by atoms with Crippen LogP contribution in [0.1, 0.15) is 24.1 Å². The normalized spacial score (nSPS) is 11.9. The van der Waals surface area contributed by atoms with Gasteiger partial charge in [-0.2, -0.15) is 10.1 Å². The highest BCUT2D eigenvalue weighted by Gasteiger charge is 2.17. The van der Waals surface area contributed by atoms with Crippen molar-refractivity contribution < 1.29 is 9.90 Å². The lowest BCUT2D eigenvalue weighted by atomic mass is 10.0. The molecule has 27 heavy (non-hydrogen) atoms. The Morgan fingerprint density at radius 3 is 2.74 bits per heavy atom. The molecule has 3 rings (SSSR count). The van der Waals surface area contributed by atoms with E-state index in [9.17, 15) is 4.79 Å². The van der Waals surface area contributed by atoms with E-state index in [1.54, 1.807) is 29.9 Å². The Kier molecular flexibility index (Phi) is 5.22. The summed E-state index contributed by atoms with van der Waals surface area (Å²) < 4.78 is 1.67. The molecule has 1 atom stereocenters. The predicted octanol–water partition coefficient (Wildman–Crippen LogP) is 3.31. The largest absolute Gasteiger partial charge is 0.465 e. The third kappa shape index (κ3) is 4.14. The van der Waals surface area contributed by atoms with Crippen LogP contribution in [0.4, 0.5) is 16.6 Å². The van der Waals surface area contributed by atoms with Crippen LogP contribution in [-0.2, 0) is 7.05 Å². The number of hydrogen-bond acceptors (Lipinski definition) is 6. The fourth-order valence-electron chi connectivity index (χ4n) is 2.63. The van der Waals surface area contributed by atoms with Crippen molar-refractivity contribution in [2.24, 2.45) is 7.05 Å². The number of aryl methyl sites for hydroxylation is 1. The molecule has 10 heteroatoms. The maximum absolute atomic E-state index is 10.9. The number of amides is 1. The Morgan fingerprint density at radius 2 is 2.07 bits per heavy atom. The zero-order chi connectivity index (χ0) is 19.6. The molecular weight excluding hydrogens is 370 g/mol. The minimum Gasteiger partial charge on any atom is -0.465 e. The average Bonchev–Trinajstić information content (AvgIpc) is 3.01. The van der Waals surface area contributed by atoms with E-state index in [4.69, 9.17) is 16.7 Å². The standard InChI is InChI=1S/C17H18ClN7O2/c1-9-11(4-5-12(14(9)18)10(2)21-17(26)27)15-19-8-20-16(23-15)22-13-6-7-25(3)24-13/h4-8,10,21H,1-3H3,(H,26,27)(H,19,20,22,23,24)/t10-/m1/s1. The highest BCUT2D eigenvalue weighted by Crippen LogP contribution is 2.32. The highest BCUT2D eigenvalue weighted by atomic mass is 35.5. The first-order valence-corrected chi connectivity index (χ1v) is 8.47. The van der Waals surface area contributed by atoms with Crippen LogP contribution >= 0.6 is 11.6 Å². The molecule has 0 radical (unpaired) electrons. The Labute approximate surface area is 160 Å². The fraction of sp³-hybridized carbons (Fsp3) is 0.235. The van der Waals surface area contributed by atoms with E-state index < -0.39 is 12.1 Å². The number of nitrogens with one attached hydrogen (secondary N) is 2. The smallest absolute Gasteiger partial charge is 0.405 e. The van der Waals surface area contributed by atoms with Gasteiger partial charge in [0.2, 0.25) is 5.95 Å². The number of carbonyl (C=O) groups is 1. The first-order valence-electron chi connectivity index (χ1n) is 8.09. The first-order chi connectivity index (χ1) is 12.8. The number of nitrogens with zero attached hydrogens (tertiary/aromatic N) is 5. The molecule has 2 aromatic heterocycles. The summed E-state index contributed by atoms with van der Waals surface area (Å²) in [4.78, 5) is 23.6. The topological polar surface area (TPSA) is 118 Å². The minimum atomic E-state index is -1.11. The third-order valence-corrected chi connectivity index (χ3v) is 4.49. The molecule has 3 N–H and O–H groups in total. The average molecular weight is 388 g/mol. The van der Waals surface area contributed by atoms with Crippen molar-refractivity contribution in [3.63, 3.8) is 0 Å². The van der Waals surface area contributed by atoms with E-state index in [0.717, 1.165) is 11.1 Å². The van der Waals surface area contributed by atoms with Crippen molar-refractivity contribution in [3.8, 4) is 11.4 Å². The molecule has 0 bridgehead atoms. The molecule has 0 saturated heterocycles. The van der Waals surface area contributed by atoms with E-state index in [1.165, 1.54) is 6.33 Å². The van der Waals surface area contributed by atoms with Gasteiger partial charge in [-0.15, -0.1) is 0 Å². The lowest BCUT2D eigenvalue weighted by molar-refractivity contribution is 0.191. The SMILES string of the molecule is Cc1c(-c2ncnc(Nc3ccn(C)n3)n2)ccc([C@@H](C)NC(=O)O)c1Cl. The lowest BCUT2D eigenvalue weighted by Gasteiger charge is -2.17. The Hall–Kier alpha value is -3.20. The highest BCUT2D eigenvalue weighted by molar-refractivity contribution is 6.32.